The van der Waals surface area contributed by atoms with Crippen molar-refractivity contribution in [3.05, 3.63) is 24.0 Å². The smallest absolute Gasteiger partial charge is 0.222 e. The summed E-state index contributed by atoms with van der Waals surface area (Å²) in [5.41, 5.74) is 0.835. The highest BCUT2D eigenvalue weighted by Crippen LogP contribution is 2.34. The van der Waals surface area contributed by atoms with Crippen LogP contribution in [-0.2, 0) is 4.79 Å². The molecular weight excluding hydrogens is 271 g/mol. The Morgan fingerprint density at radius 1 is 1.43 bits per heavy atom. The molecule has 114 valence electrons. The molecule has 1 unspecified atom stereocenters. The predicted molar refractivity (Wildman–Crippen MR) is 79.1 cm³/mol. The van der Waals surface area contributed by atoms with Gasteiger partial charge in [-0.05, 0) is 25.0 Å². The third kappa shape index (κ3) is 3.12. The summed E-state index contributed by atoms with van der Waals surface area (Å²) in [5.74, 6) is 0.317. The van der Waals surface area contributed by atoms with Crippen molar-refractivity contribution in [1.82, 2.24) is 5.32 Å². The first kappa shape index (κ1) is 14.2. The number of nitrogens with one attached hydrogen (secondary N) is 1. The van der Waals surface area contributed by atoms with Gasteiger partial charge in [0.15, 0.2) is 0 Å². The molecule has 0 radical (unpaired) electrons. The van der Waals surface area contributed by atoms with E-state index in [0.717, 1.165) is 18.5 Å². The zero-order valence-electron chi connectivity index (χ0n) is 12.3. The molecule has 1 aromatic carbocycles. The van der Waals surface area contributed by atoms with Crippen LogP contribution < -0.4 is 15.0 Å². The van der Waals surface area contributed by atoms with Gasteiger partial charge in [-0.1, -0.05) is 12.8 Å². The Hall–Kier alpha value is -1.78. The SMILES string of the molecule is CN1c2ccc(F)cc2OCC1CC(=O)NC1CCCC1. The summed E-state index contributed by atoms with van der Waals surface area (Å²) in [6.45, 7) is 0.408. The van der Waals surface area contributed by atoms with E-state index in [4.69, 9.17) is 4.74 Å². The largest absolute Gasteiger partial charge is 0.489 e. The first-order valence-electron chi connectivity index (χ1n) is 7.58. The maximum absolute atomic E-state index is 13.2. The number of hydrogen-bond acceptors (Lipinski definition) is 3. The predicted octanol–water partition coefficient (Wildman–Crippen LogP) is 2.47. The lowest BCUT2D eigenvalue weighted by molar-refractivity contribution is -0.122. The van der Waals surface area contributed by atoms with Crippen molar-refractivity contribution in [1.29, 1.82) is 0 Å². The van der Waals surface area contributed by atoms with E-state index in [-0.39, 0.29) is 17.8 Å². The van der Waals surface area contributed by atoms with Gasteiger partial charge in [0.1, 0.15) is 18.2 Å². The van der Waals surface area contributed by atoms with Crippen molar-refractivity contribution in [3.63, 3.8) is 0 Å². The first-order valence-corrected chi connectivity index (χ1v) is 7.58. The van der Waals surface area contributed by atoms with Gasteiger partial charge in [0.05, 0.1) is 18.2 Å². The molecule has 21 heavy (non-hydrogen) atoms. The molecule has 4 nitrogen and oxygen atoms in total. The minimum atomic E-state index is -0.306. The summed E-state index contributed by atoms with van der Waals surface area (Å²) >= 11 is 0. The number of ether oxygens (including phenoxy) is 1. The van der Waals surface area contributed by atoms with Crippen LogP contribution in [0.2, 0.25) is 0 Å². The number of anilines is 1. The van der Waals surface area contributed by atoms with E-state index < -0.39 is 0 Å². The second kappa shape index (κ2) is 5.92. The number of likely N-dealkylation sites (N-methyl/N-ethyl adjacent to an activating group) is 1. The molecule has 0 saturated heterocycles. The summed E-state index contributed by atoms with van der Waals surface area (Å²) < 4.78 is 18.8. The van der Waals surface area contributed by atoms with E-state index in [1.165, 1.54) is 25.0 Å². The molecule has 1 aromatic rings. The Balaban J connectivity index is 1.61. The zero-order chi connectivity index (χ0) is 14.8. The number of carbonyl (C=O) groups is 1. The topological polar surface area (TPSA) is 41.6 Å². The molecule has 1 aliphatic carbocycles. The van der Waals surface area contributed by atoms with Crippen LogP contribution in [0.5, 0.6) is 5.75 Å². The molecule has 1 atom stereocenters. The third-order valence-corrected chi connectivity index (χ3v) is 4.42. The fourth-order valence-electron chi connectivity index (χ4n) is 3.16. The lowest BCUT2D eigenvalue weighted by Gasteiger charge is -2.35. The van der Waals surface area contributed by atoms with E-state index in [1.807, 2.05) is 11.9 Å². The summed E-state index contributed by atoms with van der Waals surface area (Å²) in [4.78, 5) is 14.1. The first-order chi connectivity index (χ1) is 10.1. The number of rotatable bonds is 3. The van der Waals surface area contributed by atoms with Gasteiger partial charge < -0.3 is 15.0 Å². The highest BCUT2D eigenvalue weighted by atomic mass is 19.1. The second-order valence-electron chi connectivity index (χ2n) is 5.94. The van der Waals surface area contributed by atoms with E-state index in [9.17, 15) is 9.18 Å². The van der Waals surface area contributed by atoms with Crippen LogP contribution in [0.15, 0.2) is 18.2 Å². The van der Waals surface area contributed by atoms with Crippen LogP contribution >= 0.6 is 0 Å². The van der Waals surface area contributed by atoms with Gasteiger partial charge in [0, 0.05) is 19.2 Å². The monoisotopic (exact) mass is 292 g/mol. The number of halogens is 1. The molecule has 3 rings (SSSR count). The van der Waals surface area contributed by atoms with Gasteiger partial charge in [-0.15, -0.1) is 0 Å². The quantitative estimate of drug-likeness (QED) is 0.930. The van der Waals surface area contributed by atoms with E-state index in [0.29, 0.717) is 24.8 Å². The van der Waals surface area contributed by atoms with Crippen LogP contribution in [0.25, 0.3) is 0 Å². The van der Waals surface area contributed by atoms with Crippen molar-refractivity contribution in [2.45, 2.75) is 44.2 Å². The molecule has 0 bridgehead atoms. The number of hydrogen-bond donors (Lipinski definition) is 1. The molecule has 2 aliphatic rings. The van der Waals surface area contributed by atoms with Gasteiger partial charge in [0.25, 0.3) is 0 Å². The fourth-order valence-corrected chi connectivity index (χ4v) is 3.16. The van der Waals surface area contributed by atoms with Crippen molar-refractivity contribution < 1.29 is 13.9 Å². The van der Waals surface area contributed by atoms with Crippen LogP contribution in [0.1, 0.15) is 32.1 Å². The normalized spacial score (nSPS) is 21.8. The van der Waals surface area contributed by atoms with Gasteiger partial charge in [-0.25, -0.2) is 4.39 Å². The van der Waals surface area contributed by atoms with Crippen LogP contribution in [-0.4, -0.2) is 31.6 Å². The third-order valence-electron chi connectivity index (χ3n) is 4.42. The van der Waals surface area contributed by atoms with E-state index in [1.54, 1.807) is 6.07 Å². The molecule has 1 amide bonds. The number of nitrogens with zero attached hydrogens (tertiary/aromatic N) is 1. The van der Waals surface area contributed by atoms with Crippen molar-refractivity contribution in [3.8, 4) is 5.75 Å². The molecule has 0 aromatic heterocycles. The van der Waals surface area contributed by atoms with Crippen molar-refractivity contribution in [2.75, 3.05) is 18.6 Å². The molecule has 0 spiro atoms. The summed E-state index contributed by atoms with van der Waals surface area (Å²) in [7, 11) is 1.92. The fraction of sp³-hybridized carbons (Fsp3) is 0.562. The van der Waals surface area contributed by atoms with Gasteiger partial charge in [-0.3, -0.25) is 4.79 Å². The molecule has 5 heteroatoms. The summed E-state index contributed by atoms with van der Waals surface area (Å²) in [6.07, 6.45) is 4.99. The number of carbonyl (C=O) groups excluding carboxylic acids is 1. The highest BCUT2D eigenvalue weighted by Gasteiger charge is 2.28. The minimum Gasteiger partial charge on any atom is -0.489 e. The Morgan fingerprint density at radius 3 is 2.95 bits per heavy atom. The molecular formula is C16H21FN2O2. The molecule has 1 fully saturated rings. The standard InChI is InChI=1S/C16H21FN2O2/c1-19-13(9-16(20)18-12-4-2-3-5-12)10-21-15-8-11(17)6-7-14(15)19/h6-8,12-13H,2-5,9-10H2,1H3,(H,18,20). The maximum Gasteiger partial charge on any atom is 0.222 e. The molecule has 1 N–H and O–H groups in total. The van der Waals surface area contributed by atoms with Gasteiger partial charge in [0.2, 0.25) is 5.91 Å². The average molecular weight is 292 g/mol. The van der Waals surface area contributed by atoms with Gasteiger partial charge in [-0.2, -0.15) is 0 Å². The van der Waals surface area contributed by atoms with E-state index in [2.05, 4.69) is 5.32 Å². The average Bonchev–Trinajstić information content (AvgIpc) is 2.94. The van der Waals surface area contributed by atoms with Crippen LogP contribution in [0.4, 0.5) is 10.1 Å². The van der Waals surface area contributed by atoms with E-state index >= 15 is 0 Å². The number of fused-ring (bicyclic) bond motifs is 1. The summed E-state index contributed by atoms with van der Waals surface area (Å²) in [5, 5.41) is 3.10. The molecule has 1 heterocycles. The number of amides is 1. The Morgan fingerprint density at radius 2 is 2.19 bits per heavy atom. The Kier molecular flexibility index (Phi) is 3.99. The highest BCUT2D eigenvalue weighted by molar-refractivity contribution is 5.78. The Bertz CT molecular complexity index is 529. The lowest BCUT2D eigenvalue weighted by Crippen LogP contribution is -2.45. The summed E-state index contributed by atoms with van der Waals surface area (Å²) in [6, 6.07) is 4.84. The van der Waals surface area contributed by atoms with Gasteiger partial charge >= 0.3 is 0 Å². The zero-order valence-corrected chi connectivity index (χ0v) is 12.3. The van der Waals surface area contributed by atoms with Crippen LogP contribution in [0, 0.1) is 5.82 Å². The molecule has 1 saturated carbocycles. The van der Waals surface area contributed by atoms with Crippen molar-refractivity contribution >= 4 is 11.6 Å². The minimum absolute atomic E-state index is 0.00985. The maximum atomic E-state index is 13.2. The lowest BCUT2D eigenvalue weighted by atomic mass is 10.1. The van der Waals surface area contributed by atoms with Crippen LogP contribution in [0.3, 0.4) is 0 Å². The number of benzene rings is 1. The van der Waals surface area contributed by atoms with Crippen molar-refractivity contribution in [2.24, 2.45) is 0 Å². The Labute approximate surface area is 124 Å². The second-order valence-corrected chi connectivity index (χ2v) is 5.94. The molecule has 1 aliphatic heterocycles.